The first-order chi connectivity index (χ1) is 8.42. The van der Waals surface area contributed by atoms with Gasteiger partial charge in [-0.25, -0.2) is 0 Å². The Hall–Kier alpha value is -0.680. The Morgan fingerprint density at radius 1 is 1.22 bits per heavy atom. The number of alkyl halides is 3. The van der Waals surface area contributed by atoms with E-state index in [-0.39, 0.29) is 12.5 Å². The fourth-order valence-corrected chi connectivity index (χ4v) is 2.03. The molecule has 1 atom stereocenters. The highest BCUT2D eigenvalue weighted by Gasteiger charge is 2.25. The zero-order chi connectivity index (χ0) is 13.6. The summed E-state index contributed by atoms with van der Waals surface area (Å²) in [6, 6.07) is 8.14. The third-order valence-corrected chi connectivity index (χ3v) is 3.45. The topological polar surface area (TPSA) is 12.0 Å². The van der Waals surface area contributed by atoms with Crippen LogP contribution < -0.4 is 5.32 Å². The lowest BCUT2D eigenvalue weighted by atomic mass is 10.1. The quantitative estimate of drug-likeness (QED) is 0.611. The van der Waals surface area contributed by atoms with Crippen LogP contribution in [0.25, 0.3) is 0 Å². The number of rotatable bonds is 6. The molecule has 0 saturated carbocycles. The molecule has 102 valence electrons. The van der Waals surface area contributed by atoms with Gasteiger partial charge in [-0.15, -0.1) is 11.8 Å². The van der Waals surface area contributed by atoms with E-state index in [2.05, 4.69) is 5.32 Å². The molecule has 1 rings (SSSR count). The van der Waals surface area contributed by atoms with Crippen LogP contribution in [0.15, 0.2) is 29.2 Å². The lowest BCUT2D eigenvalue weighted by molar-refractivity contribution is -0.135. The van der Waals surface area contributed by atoms with Crippen molar-refractivity contribution in [1.29, 1.82) is 0 Å². The Bertz CT molecular complexity index is 348. The van der Waals surface area contributed by atoms with Crippen molar-refractivity contribution in [1.82, 2.24) is 5.32 Å². The van der Waals surface area contributed by atoms with Crippen LogP contribution in [0, 0.1) is 0 Å². The molecule has 18 heavy (non-hydrogen) atoms. The second-order valence-corrected chi connectivity index (χ2v) is 5.05. The zero-order valence-corrected chi connectivity index (χ0v) is 11.4. The van der Waals surface area contributed by atoms with Crippen molar-refractivity contribution in [3.05, 3.63) is 29.8 Å². The molecule has 0 fully saturated rings. The average molecular weight is 277 g/mol. The van der Waals surface area contributed by atoms with Crippen molar-refractivity contribution in [2.75, 3.05) is 12.8 Å². The minimum absolute atomic E-state index is 0.0779. The van der Waals surface area contributed by atoms with Gasteiger partial charge >= 0.3 is 6.18 Å². The first-order valence-electron chi connectivity index (χ1n) is 5.86. The standard InChI is InChI=1S/C13H18F3NS/c1-10(17-9-3-8-13(14,15)16)11-4-6-12(18-2)7-5-11/h4-7,10,17H,3,8-9H2,1-2H3. The maximum Gasteiger partial charge on any atom is 0.389 e. The molecule has 1 unspecified atom stereocenters. The van der Waals surface area contributed by atoms with Crippen LogP contribution in [0.2, 0.25) is 0 Å². The normalized spacial score (nSPS) is 13.6. The van der Waals surface area contributed by atoms with E-state index in [9.17, 15) is 13.2 Å². The van der Waals surface area contributed by atoms with Crippen LogP contribution in [0.4, 0.5) is 13.2 Å². The maximum absolute atomic E-state index is 12.0. The Morgan fingerprint density at radius 3 is 2.33 bits per heavy atom. The number of halogens is 3. The first kappa shape index (κ1) is 15.4. The highest BCUT2D eigenvalue weighted by molar-refractivity contribution is 7.98. The van der Waals surface area contributed by atoms with Crippen molar-refractivity contribution in [2.45, 2.75) is 36.9 Å². The van der Waals surface area contributed by atoms with E-state index in [1.807, 2.05) is 37.4 Å². The van der Waals surface area contributed by atoms with Gasteiger partial charge in [0, 0.05) is 17.4 Å². The highest BCUT2D eigenvalue weighted by Crippen LogP contribution is 2.22. The smallest absolute Gasteiger partial charge is 0.310 e. The van der Waals surface area contributed by atoms with E-state index in [4.69, 9.17) is 0 Å². The van der Waals surface area contributed by atoms with Crippen LogP contribution in [0.3, 0.4) is 0 Å². The van der Waals surface area contributed by atoms with Gasteiger partial charge in [0.25, 0.3) is 0 Å². The number of benzene rings is 1. The fraction of sp³-hybridized carbons (Fsp3) is 0.538. The molecule has 0 saturated heterocycles. The van der Waals surface area contributed by atoms with Crippen LogP contribution in [0.5, 0.6) is 0 Å². The average Bonchev–Trinajstić information content (AvgIpc) is 2.33. The SMILES string of the molecule is CSc1ccc(C(C)NCCCC(F)(F)F)cc1. The molecule has 1 aromatic rings. The lowest BCUT2D eigenvalue weighted by Gasteiger charge is -2.15. The molecule has 0 amide bonds. The van der Waals surface area contributed by atoms with E-state index in [0.29, 0.717) is 6.54 Å². The summed E-state index contributed by atoms with van der Waals surface area (Å²) >= 11 is 1.67. The molecule has 0 aliphatic heterocycles. The van der Waals surface area contributed by atoms with E-state index in [1.54, 1.807) is 11.8 Å². The van der Waals surface area contributed by atoms with Gasteiger partial charge in [-0.3, -0.25) is 0 Å². The first-order valence-corrected chi connectivity index (χ1v) is 7.09. The number of hydrogen-bond donors (Lipinski definition) is 1. The van der Waals surface area contributed by atoms with Gasteiger partial charge in [0.05, 0.1) is 0 Å². The molecule has 0 radical (unpaired) electrons. The van der Waals surface area contributed by atoms with Gasteiger partial charge in [0.15, 0.2) is 0 Å². The summed E-state index contributed by atoms with van der Waals surface area (Å²) in [5, 5.41) is 3.10. The van der Waals surface area contributed by atoms with Crippen LogP contribution in [0.1, 0.15) is 31.4 Å². The summed E-state index contributed by atoms with van der Waals surface area (Å²) in [6.45, 7) is 2.34. The van der Waals surface area contributed by atoms with Crippen LogP contribution in [-0.4, -0.2) is 19.0 Å². The van der Waals surface area contributed by atoms with Gasteiger partial charge < -0.3 is 5.32 Å². The monoisotopic (exact) mass is 277 g/mol. The Balaban J connectivity index is 2.33. The Labute approximate surface area is 110 Å². The van der Waals surface area contributed by atoms with Gasteiger partial charge in [0.1, 0.15) is 0 Å². The third-order valence-electron chi connectivity index (χ3n) is 2.70. The summed E-state index contributed by atoms with van der Waals surface area (Å²) in [5.41, 5.74) is 1.10. The molecule has 0 bridgehead atoms. The molecule has 5 heteroatoms. The highest BCUT2D eigenvalue weighted by atomic mass is 32.2. The predicted octanol–water partition coefficient (Wildman–Crippen LogP) is 4.40. The van der Waals surface area contributed by atoms with Crippen molar-refractivity contribution in [3.63, 3.8) is 0 Å². The zero-order valence-electron chi connectivity index (χ0n) is 10.6. The predicted molar refractivity (Wildman–Crippen MR) is 69.9 cm³/mol. The maximum atomic E-state index is 12.0. The Kier molecular flexibility index (Phi) is 6.02. The minimum Gasteiger partial charge on any atom is -0.310 e. The number of hydrogen-bond acceptors (Lipinski definition) is 2. The molecular formula is C13H18F3NS. The second-order valence-electron chi connectivity index (χ2n) is 4.17. The summed E-state index contributed by atoms with van der Waals surface area (Å²) < 4.78 is 35.9. The fourth-order valence-electron chi connectivity index (χ4n) is 1.62. The molecule has 0 aromatic heterocycles. The molecule has 1 N–H and O–H groups in total. The molecule has 1 nitrogen and oxygen atoms in total. The van der Waals surface area contributed by atoms with E-state index < -0.39 is 12.6 Å². The van der Waals surface area contributed by atoms with E-state index >= 15 is 0 Å². The Morgan fingerprint density at radius 2 is 1.83 bits per heavy atom. The summed E-state index contributed by atoms with van der Waals surface area (Å²) in [6.07, 6.45) is -2.65. The molecular weight excluding hydrogens is 259 g/mol. The summed E-state index contributed by atoms with van der Waals surface area (Å²) in [5.74, 6) is 0. The van der Waals surface area contributed by atoms with Gasteiger partial charge in [0.2, 0.25) is 0 Å². The van der Waals surface area contributed by atoms with Crippen LogP contribution >= 0.6 is 11.8 Å². The van der Waals surface area contributed by atoms with E-state index in [1.165, 1.54) is 4.90 Å². The third kappa shape index (κ3) is 5.78. The summed E-state index contributed by atoms with van der Waals surface area (Å²) in [7, 11) is 0. The van der Waals surface area contributed by atoms with Crippen molar-refractivity contribution < 1.29 is 13.2 Å². The number of thioether (sulfide) groups is 1. The van der Waals surface area contributed by atoms with Crippen molar-refractivity contribution in [3.8, 4) is 0 Å². The summed E-state index contributed by atoms with van der Waals surface area (Å²) in [4.78, 5) is 1.18. The van der Waals surface area contributed by atoms with Crippen molar-refractivity contribution in [2.24, 2.45) is 0 Å². The molecule has 1 aromatic carbocycles. The van der Waals surface area contributed by atoms with Gasteiger partial charge in [-0.05, 0) is 43.8 Å². The second kappa shape index (κ2) is 7.04. The molecule has 0 aliphatic rings. The molecule has 0 spiro atoms. The minimum atomic E-state index is -4.05. The molecule has 0 heterocycles. The lowest BCUT2D eigenvalue weighted by Crippen LogP contribution is -2.21. The van der Waals surface area contributed by atoms with Crippen LogP contribution in [-0.2, 0) is 0 Å². The van der Waals surface area contributed by atoms with Crippen molar-refractivity contribution >= 4 is 11.8 Å². The van der Waals surface area contributed by atoms with Gasteiger partial charge in [-0.1, -0.05) is 12.1 Å². The molecule has 0 aliphatic carbocycles. The van der Waals surface area contributed by atoms with Gasteiger partial charge in [-0.2, -0.15) is 13.2 Å². The van der Waals surface area contributed by atoms with E-state index in [0.717, 1.165) is 5.56 Å². The largest absolute Gasteiger partial charge is 0.389 e. The number of nitrogens with one attached hydrogen (secondary N) is 1.